The molecule has 2 N–H and O–H groups in total. The molecule has 1 fully saturated rings. The summed E-state index contributed by atoms with van der Waals surface area (Å²) in [6, 6.07) is 16.6. The van der Waals surface area contributed by atoms with Gasteiger partial charge in [0, 0.05) is 30.5 Å². The maximum Gasteiger partial charge on any atom is 0.171 e. The molecule has 4 nitrogen and oxygen atoms in total. The fraction of sp³-hybridized carbons (Fsp3) is 0.318. The molecule has 5 heteroatoms. The predicted molar refractivity (Wildman–Crippen MR) is 118 cm³/mol. The number of nitrogens with zero attached hydrogens (tertiary/aromatic N) is 1. The summed E-state index contributed by atoms with van der Waals surface area (Å²) in [6.07, 6.45) is 4.31. The lowest BCUT2D eigenvalue weighted by Gasteiger charge is -2.20. The highest BCUT2D eigenvalue weighted by atomic mass is 32.1. The molecule has 0 aliphatic carbocycles. The smallest absolute Gasteiger partial charge is 0.171 e. The third-order valence-electron chi connectivity index (χ3n) is 4.67. The zero-order valence-corrected chi connectivity index (χ0v) is 16.6. The topological polar surface area (TPSA) is 36.5 Å². The molecule has 0 radical (unpaired) electrons. The average Bonchev–Trinajstić information content (AvgIpc) is 3.21. The van der Waals surface area contributed by atoms with Crippen LogP contribution in [0.4, 0.5) is 11.4 Å². The van der Waals surface area contributed by atoms with Gasteiger partial charge in [0.05, 0.1) is 6.04 Å². The summed E-state index contributed by atoms with van der Waals surface area (Å²) in [5.74, 6) is 0.785. The van der Waals surface area contributed by atoms with Crippen LogP contribution in [0.5, 0.6) is 5.75 Å². The largest absolute Gasteiger partial charge is 0.489 e. The Hall–Kier alpha value is -2.53. The third-order valence-corrected chi connectivity index (χ3v) is 4.89. The highest BCUT2D eigenvalue weighted by Crippen LogP contribution is 2.23. The van der Waals surface area contributed by atoms with Crippen LogP contribution in [-0.4, -0.2) is 24.8 Å². The van der Waals surface area contributed by atoms with Crippen molar-refractivity contribution < 1.29 is 4.74 Å². The van der Waals surface area contributed by atoms with Crippen LogP contribution >= 0.6 is 12.2 Å². The molecular formula is C22H27N3OS. The van der Waals surface area contributed by atoms with Crippen LogP contribution in [0.2, 0.25) is 0 Å². The van der Waals surface area contributed by atoms with E-state index in [0.29, 0.717) is 11.7 Å². The monoisotopic (exact) mass is 381 g/mol. The van der Waals surface area contributed by atoms with Crippen molar-refractivity contribution in [2.24, 2.45) is 0 Å². The Kier molecular flexibility index (Phi) is 6.71. The SMILES string of the molecule is C=CCOc1cccc(NC(=S)NC(C)c2ccc(N3CCCC3)cc2)c1. The van der Waals surface area contributed by atoms with Gasteiger partial charge in [-0.3, -0.25) is 0 Å². The van der Waals surface area contributed by atoms with E-state index < -0.39 is 0 Å². The molecule has 27 heavy (non-hydrogen) atoms. The lowest BCUT2D eigenvalue weighted by atomic mass is 10.1. The Labute approximate surface area is 167 Å². The maximum absolute atomic E-state index is 5.56. The molecule has 2 aromatic rings. The Bertz CT molecular complexity index is 769. The molecule has 1 unspecified atom stereocenters. The summed E-state index contributed by atoms with van der Waals surface area (Å²) in [4.78, 5) is 2.44. The normalized spacial score (nSPS) is 14.5. The van der Waals surface area contributed by atoms with Crippen molar-refractivity contribution in [3.8, 4) is 5.75 Å². The van der Waals surface area contributed by atoms with Crippen molar-refractivity contribution in [2.45, 2.75) is 25.8 Å². The summed E-state index contributed by atoms with van der Waals surface area (Å²) >= 11 is 5.47. The molecule has 1 heterocycles. The summed E-state index contributed by atoms with van der Waals surface area (Å²) in [7, 11) is 0. The second kappa shape index (κ2) is 9.42. The first-order chi connectivity index (χ1) is 13.2. The number of anilines is 2. The van der Waals surface area contributed by atoms with Crippen LogP contribution in [0, 0.1) is 0 Å². The zero-order chi connectivity index (χ0) is 19.1. The number of benzene rings is 2. The van der Waals surface area contributed by atoms with Gasteiger partial charge in [0.1, 0.15) is 12.4 Å². The van der Waals surface area contributed by atoms with Crippen LogP contribution in [0.3, 0.4) is 0 Å². The zero-order valence-electron chi connectivity index (χ0n) is 15.8. The van der Waals surface area contributed by atoms with Gasteiger partial charge in [0.25, 0.3) is 0 Å². The van der Waals surface area contributed by atoms with E-state index in [1.165, 1.54) is 24.1 Å². The molecule has 0 saturated carbocycles. The number of ether oxygens (including phenoxy) is 1. The van der Waals surface area contributed by atoms with Gasteiger partial charge in [-0.05, 0) is 61.8 Å². The lowest BCUT2D eigenvalue weighted by Crippen LogP contribution is -2.30. The van der Waals surface area contributed by atoms with Crippen LogP contribution in [0.15, 0.2) is 61.2 Å². The van der Waals surface area contributed by atoms with Crippen molar-refractivity contribution in [2.75, 3.05) is 29.9 Å². The number of rotatable bonds is 7. The average molecular weight is 382 g/mol. The predicted octanol–water partition coefficient (Wildman–Crippen LogP) is 4.90. The molecule has 1 saturated heterocycles. The lowest BCUT2D eigenvalue weighted by molar-refractivity contribution is 0.363. The first kappa shape index (κ1) is 19.2. The minimum absolute atomic E-state index is 0.123. The Morgan fingerprint density at radius 2 is 1.96 bits per heavy atom. The van der Waals surface area contributed by atoms with Gasteiger partial charge in [-0.1, -0.05) is 30.9 Å². The molecule has 0 amide bonds. The summed E-state index contributed by atoms with van der Waals surface area (Å²) in [5, 5.41) is 7.16. The minimum atomic E-state index is 0.123. The van der Waals surface area contributed by atoms with E-state index in [1.54, 1.807) is 6.08 Å². The third kappa shape index (κ3) is 5.47. The van der Waals surface area contributed by atoms with Gasteiger partial charge in [-0.15, -0.1) is 0 Å². The van der Waals surface area contributed by atoms with Gasteiger partial charge in [0.15, 0.2) is 5.11 Å². The Balaban J connectivity index is 1.54. The van der Waals surface area contributed by atoms with Crippen molar-refractivity contribution in [1.82, 2.24) is 5.32 Å². The molecule has 0 spiro atoms. The minimum Gasteiger partial charge on any atom is -0.489 e. The second-order valence-corrected chi connectivity index (χ2v) is 7.14. The molecule has 1 aliphatic heterocycles. The van der Waals surface area contributed by atoms with E-state index in [1.807, 2.05) is 24.3 Å². The maximum atomic E-state index is 5.56. The van der Waals surface area contributed by atoms with E-state index in [9.17, 15) is 0 Å². The van der Waals surface area contributed by atoms with E-state index in [2.05, 4.69) is 53.3 Å². The highest BCUT2D eigenvalue weighted by molar-refractivity contribution is 7.80. The van der Waals surface area contributed by atoms with E-state index in [0.717, 1.165) is 24.5 Å². The van der Waals surface area contributed by atoms with Crippen molar-refractivity contribution >= 4 is 28.7 Å². The van der Waals surface area contributed by atoms with Crippen LogP contribution in [0.25, 0.3) is 0 Å². The molecule has 1 aliphatic rings. The molecule has 0 bridgehead atoms. The number of nitrogens with one attached hydrogen (secondary N) is 2. The quantitative estimate of drug-likeness (QED) is 0.527. The van der Waals surface area contributed by atoms with Gasteiger partial charge >= 0.3 is 0 Å². The molecular weight excluding hydrogens is 354 g/mol. The molecule has 142 valence electrons. The van der Waals surface area contributed by atoms with Gasteiger partial charge < -0.3 is 20.3 Å². The number of hydrogen-bond acceptors (Lipinski definition) is 3. The standard InChI is InChI=1S/C22H27N3OS/c1-3-15-26-21-8-6-7-19(16-21)24-22(27)23-17(2)18-9-11-20(12-10-18)25-13-4-5-14-25/h3,6-12,16-17H,1,4-5,13-15H2,2H3,(H2,23,24,27). The summed E-state index contributed by atoms with van der Waals surface area (Å²) in [5.41, 5.74) is 3.41. The van der Waals surface area contributed by atoms with Gasteiger partial charge in [0.2, 0.25) is 0 Å². The van der Waals surface area contributed by atoms with E-state index in [4.69, 9.17) is 17.0 Å². The second-order valence-electron chi connectivity index (χ2n) is 6.73. The van der Waals surface area contributed by atoms with Gasteiger partial charge in [-0.2, -0.15) is 0 Å². The Morgan fingerprint density at radius 1 is 1.22 bits per heavy atom. The fourth-order valence-electron chi connectivity index (χ4n) is 3.22. The number of hydrogen-bond donors (Lipinski definition) is 2. The first-order valence-corrected chi connectivity index (χ1v) is 9.83. The Morgan fingerprint density at radius 3 is 2.67 bits per heavy atom. The summed E-state index contributed by atoms with van der Waals surface area (Å²) in [6.45, 7) is 8.58. The van der Waals surface area contributed by atoms with Crippen molar-refractivity contribution in [1.29, 1.82) is 0 Å². The van der Waals surface area contributed by atoms with Crippen LogP contribution in [-0.2, 0) is 0 Å². The fourth-order valence-corrected chi connectivity index (χ4v) is 3.51. The van der Waals surface area contributed by atoms with Crippen LogP contribution < -0.4 is 20.3 Å². The van der Waals surface area contributed by atoms with Gasteiger partial charge in [-0.25, -0.2) is 0 Å². The highest BCUT2D eigenvalue weighted by Gasteiger charge is 2.13. The molecule has 3 rings (SSSR count). The molecule has 1 atom stereocenters. The van der Waals surface area contributed by atoms with Crippen LogP contribution in [0.1, 0.15) is 31.4 Å². The number of thiocarbonyl (C=S) groups is 1. The molecule has 2 aromatic carbocycles. The van der Waals surface area contributed by atoms with E-state index >= 15 is 0 Å². The van der Waals surface area contributed by atoms with Crippen molar-refractivity contribution in [3.63, 3.8) is 0 Å². The summed E-state index contributed by atoms with van der Waals surface area (Å²) < 4.78 is 5.56. The van der Waals surface area contributed by atoms with Crippen molar-refractivity contribution in [3.05, 3.63) is 66.7 Å². The van der Waals surface area contributed by atoms with E-state index in [-0.39, 0.29) is 6.04 Å². The molecule has 0 aromatic heterocycles. The first-order valence-electron chi connectivity index (χ1n) is 9.42.